The summed E-state index contributed by atoms with van der Waals surface area (Å²) in [6.07, 6.45) is 3.48. The Hall–Kier alpha value is -3.55. The zero-order chi connectivity index (χ0) is 28.2. The molecular formula is C32H43N5O2. The number of methoxy groups -OCH3 is 1. The van der Waals surface area contributed by atoms with Gasteiger partial charge in [0, 0.05) is 55.7 Å². The van der Waals surface area contributed by atoms with Crippen LogP contribution in [0.1, 0.15) is 37.6 Å². The van der Waals surface area contributed by atoms with Gasteiger partial charge in [0.25, 0.3) is 0 Å². The Labute approximate surface area is 233 Å². The number of aryl methyl sites for hydroxylation is 1. The Bertz CT molecular complexity index is 1390. The van der Waals surface area contributed by atoms with E-state index in [1.165, 1.54) is 11.1 Å². The molecule has 0 saturated heterocycles. The molecule has 0 bridgehead atoms. The Balaban J connectivity index is 1.63. The van der Waals surface area contributed by atoms with Crippen molar-refractivity contribution < 1.29 is 9.47 Å². The third-order valence-electron chi connectivity index (χ3n) is 7.06. The largest absolute Gasteiger partial charge is 0.494 e. The van der Waals surface area contributed by atoms with Crippen molar-refractivity contribution >= 4 is 16.6 Å². The van der Waals surface area contributed by atoms with Crippen LogP contribution in [-0.2, 0) is 25.6 Å². The molecule has 0 aliphatic carbocycles. The van der Waals surface area contributed by atoms with Crippen molar-refractivity contribution in [2.24, 2.45) is 7.05 Å². The van der Waals surface area contributed by atoms with Gasteiger partial charge in [0.05, 0.1) is 24.9 Å². The minimum Gasteiger partial charge on any atom is -0.494 e. The number of rotatable bonds is 11. The van der Waals surface area contributed by atoms with Crippen molar-refractivity contribution in [3.63, 3.8) is 0 Å². The first-order valence-corrected chi connectivity index (χ1v) is 13.5. The fraction of sp³-hybridized carbons (Fsp3) is 0.406. The lowest BCUT2D eigenvalue weighted by Gasteiger charge is -2.26. The molecule has 2 heterocycles. The Morgan fingerprint density at radius 3 is 2.38 bits per heavy atom. The summed E-state index contributed by atoms with van der Waals surface area (Å²) in [7, 11) is 10.2. The molecule has 4 aromatic rings. The van der Waals surface area contributed by atoms with Gasteiger partial charge in [-0.3, -0.25) is 4.98 Å². The van der Waals surface area contributed by atoms with Gasteiger partial charge in [-0.1, -0.05) is 39.0 Å². The maximum atomic E-state index is 6.22. The molecule has 1 N–H and O–H groups in total. The molecule has 0 aliphatic rings. The molecule has 7 heteroatoms. The van der Waals surface area contributed by atoms with Gasteiger partial charge >= 0.3 is 0 Å². The number of nitrogens with zero attached hydrogens (tertiary/aromatic N) is 4. The number of ether oxygens (including phenoxy) is 2. The van der Waals surface area contributed by atoms with Crippen LogP contribution in [0.2, 0.25) is 0 Å². The van der Waals surface area contributed by atoms with E-state index in [1.54, 1.807) is 19.5 Å². The van der Waals surface area contributed by atoms with Crippen LogP contribution in [0.3, 0.4) is 0 Å². The zero-order valence-electron chi connectivity index (χ0n) is 24.7. The molecule has 4 rings (SSSR count). The second kappa shape index (κ2) is 12.1. The van der Waals surface area contributed by atoms with Crippen LogP contribution in [0.15, 0.2) is 60.9 Å². The predicted octanol–water partition coefficient (Wildman–Crippen LogP) is 6.28. The summed E-state index contributed by atoms with van der Waals surface area (Å²) in [6.45, 7) is 10.2. The van der Waals surface area contributed by atoms with Gasteiger partial charge in [-0.15, -0.1) is 0 Å². The number of fused-ring (bicyclic) bond motifs is 1. The summed E-state index contributed by atoms with van der Waals surface area (Å²) < 4.78 is 14.4. The Morgan fingerprint density at radius 2 is 1.72 bits per heavy atom. The minimum atomic E-state index is 0.0124. The summed E-state index contributed by atoms with van der Waals surface area (Å²) in [5, 5.41) is 4.84. The normalized spacial score (nSPS) is 11.9. The predicted molar refractivity (Wildman–Crippen MR) is 161 cm³/mol. The van der Waals surface area contributed by atoms with E-state index in [0.29, 0.717) is 6.54 Å². The number of hydrogen-bond acceptors (Lipinski definition) is 6. The molecule has 0 amide bonds. The van der Waals surface area contributed by atoms with Gasteiger partial charge in [0.15, 0.2) is 5.75 Å². The molecule has 0 unspecified atom stereocenters. The van der Waals surface area contributed by atoms with E-state index in [-0.39, 0.29) is 5.41 Å². The number of likely N-dealkylation sites (N-methyl/N-ethyl adjacent to an activating group) is 2. The van der Waals surface area contributed by atoms with Crippen molar-refractivity contribution in [1.82, 2.24) is 19.4 Å². The number of aromatic nitrogens is 2. The van der Waals surface area contributed by atoms with E-state index in [1.807, 2.05) is 24.3 Å². The quantitative estimate of drug-likeness (QED) is 0.247. The summed E-state index contributed by atoms with van der Waals surface area (Å²) >= 11 is 0. The van der Waals surface area contributed by atoms with Crippen LogP contribution in [0.4, 0.5) is 5.69 Å². The Morgan fingerprint density at radius 1 is 0.974 bits per heavy atom. The number of pyridine rings is 1. The van der Waals surface area contributed by atoms with Crippen LogP contribution in [0.25, 0.3) is 10.9 Å². The molecule has 0 fully saturated rings. The highest BCUT2D eigenvalue weighted by molar-refractivity contribution is 5.87. The van der Waals surface area contributed by atoms with Gasteiger partial charge < -0.3 is 29.2 Å². The monoisotopic (exact) mass is 529 g/mol. The van der Waals surface area contributed by atoms with Crippen LogP contribution in [0.5, 0.6) is 17.2 Å². The van der Waals surface area contributed by atoms with Crippen molar-refractivity contribution in [3.8, 4) is 17.2 Å². The van der Waals surface area contributed by atoms with Crippen LogP contribution >= 0.6 is 0 Å². The third-order valence-corrected chi connectivity index (χ3v) is 7.06. The molecule has 39 heavy (non-hydrogen) atoms. The van der Waals surface area contributed by atoms with E-state index in [9.17, 15) is 0 Å². The summed E-state index contributed by atoms with van der Waals surface area (Å²) in [4.78, 5) is 8.65. The van der Waals surface area contributed by atoms with E-state index >= 15 is 0 Å². The Kier molecular flexibility index (Phi) is 8.83. The number of hydrogen-bond donors (Lipinski definition) is 1. The van der Waals surface area contributed by atoms with Crippen molar-refractivity contribution in [2.75, 3.05) is 46.7 Å². The zero-order valence-corrected chi connectivity index (χ0v) is 24.7. The highest BCUT2D eigenvalue weighted by Crippen LogP contribution is 2.37. The van der Waals surface area contributed by atoms with E-state index in [4.69, 9.17) is 9.47 Å². The van der Waals surface area contributed by atoms with E-state index in [0.717, 1.165) is 59.2 Å². The number of nitrogens with one attached hydrogen (secondary N) is 1. The summed E-state index contributed by atoms with van der Waals surface area (Å²) in [5.41, 5.74) is 5.72. The highest BCUT2D eigenvalue weighted by Gasteiger charge is 2.21. The lowest BCUT2D eigenvalue weighted by Crippen LogP contribution is -2.28. The summed E-state index contributed by atoms with van der Waals surface area (Å²) in [5.74, 6) is 2.49. The van der Waals surface area contributed by atoms with Crippen molar-refractivity contribution in [2.45, 2.75) is 39.3 Å². The smallest absolute Gasteiger partial charge is 0.151 e. The first-order chi connectivity index (χ1) is 18.6. The summed E-state index contributed by atoms with van der Waals surface area (Å²) in [6, 6.07) is 16.7. The number of anilines is 1. The van der Waals surface area contributed by atoms with Gasteiger partial charge in [-0.2, -0.15) is 0 Å². The van der Waals surface area contributed by atoms with Gasteiger partial charge in [0.2, 0.25) is 0 Å². The topological polar surface area (TPSA) is 54.8 Å². The molecular weight excluding hydrogens is 486 g/mol. The van der Waals surface area contributed by atoms with Gasteiger partial charge in [-0.25, -0.2) is 0 Å². The lowest BCUT2D eigenvalue weighted by molar-refractivity contribution is 0.272. The number of para-hydroxylation sites is 1. The average molecular weight is 530 g/mol. The average Bonchev–Trinajstić information content (AvgIpc) is 3.22. The van der Waals surface area contributed by atoms with Gasteiger partial charge in [-0.05, 0) is 62.5 Å². The molecule has 0 saturated carbocycles. The fourth-order valence-corrected chi connectivity index (χ4v) is 4.76. The maximum Gasteiger partial charge on any atom is 0.151 e. The molecule has 0 radical (unpaired) electrons. The highest BCUT2D eigenvalue weighted by atomic mass is 16.5. The molecule has 2 aromatic carbocycles. The van der Waals surface area contributed by atoms with Crippen molar-refractivity contribution in [3.05, 3.63) is 77.7 Å². The first-order valence-electron chi connectivity index (χ1n) is 13.5. The fourth-order valence-electron chi connectivity index (χ4n) is 4.76. The van der Waals surface area contributed by atoms with Gasteiger partial charge in [0.1, 0.15) is 11.5 Å². The molecule has 7 nitrogen and oxygen atoms in total. The lowest BCUT2D eigenvalue weighted by atomic mass is 9.85. The molecule has 0 spiro atoms. The second-order valence-corrected chi connectivity index (χ2v) is 11.5. The first kappa shape index (κ1) is 28.5. The molecule has 0 aliphatic heterocycles. The maximum absolute atomic E-state index is 6.22. The van der Waals surface area contributed by atoms with Crippen LogP contribution in [0, 0.1) is 0 Å². The molecule has 2 aromatic heterocycles. The second-order valence-electron chi connectivity index (χ2n) is 11.5. The standard InChI is InChI=1S/C32H43N5O2/c1-32(2,3)25-18-24(22-36(6)17-16-35(4)5)31(38-8)28(20-25)34-21-26-19-23-10-9-11-29(30(23)37(26)7)39-27-12-14-33-15-13-27/h9-15,18-20,34H,16-17,21-22H2,1-8H3. The third kappa shape index (κ3) is 6.91. The number of benzene rings is 2. The molecule has 0 atom stereocenters. The minimum absolute atomic E-state index is 0.0124. The van der Waals surface area contributed by atoms with Crippen molar-refractivity contribution in [1.29, 1.82) is 0 Å². The van der Waals surface area contributed by atoms with Crippen LogP contribution < -0.4 is 14.8 Å². The molecule has 208 valence electrons. The van der Waals surface area contributed by atoms with Crippen LogP contribution in [-0.4, -0.2) is 60.7 Å². The van der Waals surface area contributed by atoms with E-state index < -0.39 is 0 Å². The van der Waals surface area contributed by atoms with E-state index in [2.05, 4.69) is 97.9 Å². The SMILES string of the molecule is COc1c(CN(C)CCN(C)C)cc(C(C)(C)C)cc1NCc1cc2cccc(Oc3ccncc3)c2n1C.